The standard InChI is InChI=1S/C17H19N3O5S/c1-24-17(21)19-13-5-7-15(8-6-13)26(22,23)20-11-9-14(12-20)25-16-4-2-3-10-18-16/h2-8,10,14H,9,11-12H2,1H3,(H,19,21). The predicted molar refractivity (Wildman–Crippen MR) is 94.5 cm³/mol. The summed E-state index contributed by atoms with van der Waals surface area (Å²) in [4.78, 5) is 15.4. The van der Waals surface area contributed by atoms with Gasteiger partial charge in [-0.15, -0.1) is 0 Å². The molecule has 0 spiro atoms. The van der Waals surface area contributed by atoms with Gasteiger partial charge in [0.15, 0.2) is 0 Å². The fourth-order valence-corrected chi connectivity index (χ4v) is 4.11. The van der Waals surface area contributed by atoms with Gasteiger partial charge >= 0.3 is 6.09 Å². The van der Waals surface area contributed by atoms with Crippen LogP contribution >= 0.6 is 0 Å². The maximum absolute atomic E-state index is 12.8. The molecule has 1 unspecified atom stereocenters. The molecule has 26 heavy (non-hydrogen) atoms. The van der Waals surface area contributed by atoms with E-state index in [9.17, 15) is 13.2 Å². The summed E-state index contributed by atoms with van der Waals surface area (Å²) in [5.74, 6) is 0.481. The lowest BCUT2D eigenvalue weighted by molar-refractivity contribution is 0.187. The van der Waals surface area contributed by atoms with Gasteiger partial charge in [0.1, 0.15) is 6.10 Å². The predicted octanol–water partition coefficient (Wildman–Crippen LogP) is 2.10. The van der Waals surface area contributed by atoms with Crippen molar-refractivity contribution < 1.29 is 22.7 Å². The van der Waals surface area contributed by atoms with Crippen LogP contribution in [-0.2, 0) is 14.8 Å². The van der Waals surface area contributed by atoms with Gasteiger partial charge in [-0.25, -0.2) is 18.2 Å². The quantitative estimate of drug-likeness (QED) is 0.857. The molecule has 2 aromatic rings. The average molecular weight is 377 g/mol. The molecule has 1 aliphatic heterocycles. The second-order valence-electron chi connectivity index (χ2n) is 5.70. The molecule has 0 bridgehead atoms. The summed E-state index contributed by atoms with van der Waals surface area (Å²) in [6.07, 6.45) is 1.37. The van der Waals surface area contributed by atoms with Crippen molar-refractivity contribution in [2.24, 2.45) is 0 Å². The highest BCUT2D eigenvalue weighted by Gasteiger charge is 2.33. The number of benzene rings is 1. The third-order valence-electron chi connectivity index (χ3n) is 3.96. The van der Waals surface area contributed by atoms with Crippen molar-refractivity contribution in [3.05, 3.63) is 48.7 Å². The highest BCUT2D eigenvalue weighted by atomic mass is 32.2. The van der Waals surface area contributed by atoms with Crippen LogP contribution in [0.15, 0.2) is 53.6 Å². The normalized spacial score (nSPS) is 17.7. The van der Waals surface area contributed by atoms with E-state index in [4.69, 9.17) is 4.74 Å². The minimum Gasteiger partial charge on any atom is -0.473 e. The lowest BCUT2D eigenvalue weighted by Crippen LogP contribution is -2.31. The van der Waals surface area contributed by atoms with Crippen LogP contribution in [0.3, 0.4) is 0 Å². The molecule has 0 radical (unpaired) electrons. The van der Waals surface area contributed by atoms with Gasteiger partial charge in [0, 0.05) is 24.5 Å². The Morgan fingerprint density at radius 3 is 2.65 bits per heavy atom. The van der Waals surface area contributed by atoms with Crippen molar-refractivity contribution in [2.45, 2.75) is 17.4 Å². The van der Waals surface area contributed by atoms with Gasteiger partial charge < -0.3 is 9.47 Å². The number of methoxy groups -OCH3 is 1. The molecular formula is C17H19N3O5S. The highest BCUT2D eigenvalue weighted by Crippen LogP contribution is 2.24. The first kappa shape index (κ1) is 18.2. The van der Waals surface area contributed by atoms with E-state index in [1.54, 1.807) is 18.3 Å². The minimum absolute atomic E-state index is 0.159. The van der Waals surface area contributed by atoms with Crippen LogP contribution in [-0.4, -0.2) is 50.1 Å². The van der Waals surface area contributed by atoms with E-state index < -0.39 is 16.1 Å². The van der Waals surface area contributed by atoms with Crippen molar-refractivity contribution in [1.82, 2.24) is 9.29 Å². The molecule has 1 aliphatic rings. The number of ether oxygens (including phenoxy) is 2. The molecule has 2 heterocycles. The zero-order chi connectivity index (χ0) is 18.6. The number of nitrogens with zero attached hydrogens (tertiary/aromatic N) is 2. The second kappa shape index (κ2) is 7.71. The van der Waals surface area contributed by atoms with Crippen molar-refractivity contribution in [1.29, 1.82) is 0 Å². The first-order valence-electron chi connectivity index (χ1n) is 8.02. The van der Waals surface area contributed by atoms with Crippen molar-refractivity contribution in [3.63, 3.8) is 0 Å². The summed E-state index contributed by atoms with van der Waals surface area (Å²) in [5, 5.41) is 2.48. The van der Waals surface area contributed by atoms with Crippen LogP contribution in [0.4, 0.5) is 10.5 Å². The summed E-state index contributed by atoms with van der Waals surface area (Å²) in [6, 6.07) is 11.3. The number of anilines is 1. The van der Waals surface area contributed by atoms with Crippen molar-refractivity contribution in [3.8, 4) is 5.88 Å². The molecule has 0 aliphatic carbocycles. The summed E-state index contributed by atoms with van der Waals surface area (Å²) in [7, 11) is -2.37. The molecule has 8 nitrogen and oxygen atoms in total. The highest BCUT2D eigenvalue weighted by molar-refractivity contribution is 7.89. The Balaban J connectivity index is 1.66. The van der Waals surface area contributed by atoms with E-state index in [0.717, 1.165) is 0 Å². The van der Waals surface area contributed by atoms with E-state index in [1.807, 2.05) is 6.07 Å². The van der Waals surface area contributed by atoms with Gasteiger partial charge in [-0.1, -0.05) is 6.07 Å². The fourth-order valence-electron chi connectivity index (χ4n) is 2.63. The molecule has 9 heteroatoms. The molecule has 0 saturated carbocycles. The number of amides is 1. The number of pyridine rings is 1. The summed E-state index contributed by atoms with van der Waals surface area (Å²) >= 11 is 0. The molecule has 1 aromatic carbocycles. The van der Waals surface area contributed by atoms with Crippen LogP contribution in [0.2, 0.25) is 0 Å². The smallest absolute Gasteiger partial charge is 0.411 e. The number of hydrogen-bond acceptors (Lipinski definition) is 6. The fraction of sp³-hybridized carbons (Fsp3) is 0.294. The van der Waals surface area contributed by atoms with Crippen molar-refractivity contribution in [2.75, 3.05) is 25.5 Å². The van der Waals surface area contributed by atoms with Crippen LogP contribution in [0.25, 0.3) is 0 Å². The maximum Gasteiger partial charge on any atom is 0.411 e. The lowest BCUT2D eigenvalue weighted by Gasteiger charge is -2.17. The largest absolute Gasteiger partial charge is 0.473 e. The van der Waals surface area contributed by atoms with Crippen LogP contribution in [0, 0.1) is 0 Å². The number of hydrogen-bond donors (Lipinski definition) is 1. The van der Waals surface area contributed by atoms with E-state index in [1.165, 1.54) is 35.7 Å². The van der Waals surface area contributed by atoms with E-state index >= 15 is 0 Å². The average Bonchev–Trinajstić information content (AvgIpc) is 3.12. The number of nitrogens with one attached hydrogen (secondary N) is 1. The van der Waals surface area contributed by atoms with Crippen LogP contribution in [0.1, 0.15) is 6.42 Å². The Labute approximate surface area is 151 Å². The Kier molecular flexibility index (Phi) is 5.38. The number of sulfonamides is 1. The zero-order valence-corrected chi connectivity index (χ0v) is 15.0. The van der Waals surface area contributed by atoms with E-state index in [2.05, 4.69) is 15.0 Å². The maximum atomic E-state index is 12.8. The molecule has 1 saturated heterocycles. The lowest BCUT2D eigenvalue weighted by atomic mass is 10.3. The third-order valence-corrected chi connectivity index (χ3v) is 5.84. The Morgan fingerprint density at radius 2 is 2.00 bits per heavy atom. The molecule has 138 valence electrons. The van der Waals surface area contributed by atoms with E-state index in [-0.39, 0.29) is 17.5 Å². The molecule has 1 amide bonds. The minimum atomic E-state index is -3.63. The Bertz CT molecular complexity index is 856. The first-order chi connectivity index (χ1) is 12.5. The van der Waals surface area contributed by atoms with Crippen LogP contribution < -0.4 is 10.1 Å². The van der Waals surface area contributed by atoms with Crippen molar-refractivity contribution >= 4 is 21.8 Å². The van der Waals surface area contributed by atoms with Crippen LogP contribution in [0.5, 0.6) is 5.88 Å². The molecular weight excluding hydrogens is 358 g/mol. The molecule has 1 fully saturated rings. The molecule has 3 rings (SSSR count). The first-order valence-corrected chi connectivity index (χ1v) is 9.46. The number of rotatable bonds is 5. The van der Waals surface area contributed by atoms with Gasteiger partial charge in [0.2, 0.25) is 15.9 Å². The number of aromatic nitrogens is 1. The van der Waals surface area contributed by atoms with Gasteiger partial charge in [-0.05, 0) is 36.8 Å². The molecule has 1 aromatic heterocycles. The van der Waals surface area contributed by atoms with Gasteiger partial charge in [0.05, 0.1) is 18.6 Å². The molecule has 1 atom stereocenters. The third kappa shape index (κ3) is 4.12. The van der Waals surface area contributed by atoms with Gasteiger partial charge in [-0.3, -0.25) is 5.32 Å². The van der Waals surface area contributed by atoms with Gasteiger partial charge in [0.25, 0.3) is 0 Å². The Hall–Kier alpha value is -2.65. The van der Waals surface area contributed by atoms with Gasteiger partial charge in [-0.2, -0.15) is 4.31 Å². The summed E-state index contributed by atoms with van der Waals surface area (Å²) < 4.78 is 37.2. The Morgan fingerprint density at radius 1 is 1.23 bits per heavy atom. The number of carbonyl (C=O) groups excluding carboxylic acids is 1. The number of carbonyl (C=O) groups is 1. The zero-order valence-electron chi connectivity index (χ0n) is 14.2. The topological polar surface area (TPSA) is 97.8 Å². The summed E-state index contributed by atoms with van der Waals surface area (Å²) in [5.41, 5.74) is 0.452. The van der Waals surface area contributed by atoms with E-state index in [0.29, 0.717) is 24.5 Å². The SMILES string of the molecule is COC(=O)Nc1ccc(S(=O)(=O)N2CCC(Oc3ccccn3)C2)cc1. The second-order valence-corrected chi connectivity index (χ2v) is 7.64. The summed E-state index contributed by atoms with van der Waals surface area (Å²) in [6.45, 7) is 0.642. The monoisotopic (exact) mass is 377 g/mol. The molecule has 1 N–H and O–H groups in total.